The largest absolute Gasteiger partial charge is 0.459 e. The zero-order valence-electron chi connectivity index (χ0n) is 28.2. The van der Waals surface area contributed by atoms with Crippen LogP contribution < -0.4 is 0 Å². The van der Waals surface area contributed by atoms with Crippen molar-refractivity contribution in [1.29, 1.82) is 0 Å². The normalized spacial score (nSPS) is 40.9. The van der Waals surface area contributed by atoms with Crippen LogP contribution in [-0.4, -0.2) is 101 Å². The summed E-state index contributed by atoms with van der Waals surface area (Å²) in [5, 5.41) is 11.5. The van der Waals surface area contributed by atoms with Gasteiger partial charge in [0.2, 0.25) is 0 Å². The van der Waals surface area contributed by atoms with Crippen molar-refractivity contribution in [3.8, 4) is 0 Å². The lowest BCUT2D eigenvalue weighted by molar-refractivity contribution is -0.280. The van der Waals surface area contributed by atoms with Crippen molar-refractivity contribution >= 4 is 47.4 Å². The first-order valence-electron chi connectivity index (χ1n) is 15.7. The minimum atomic E-state index is -2.42. The monoisotopic (exact) mass is 698 g/mol. The molecule has 0 radical (unpaired) electrons. The van der Waals surface area contributed by atoms with Crippen molar-refractivity contribution in [3.05, 3.63) is 24.3 Å². The summed E-state index contributed by atoms with van der Waals surface area (Å²) in [5.41, 5.74) is -5.87. The van der Waals surface area contributed by atoms with Crippen LogP contribution in [0.2, 0.25) is 0 Å². The zero-order valence-corrected chi connectivity index (χ0v) is 28.9. The van der Waals surface area contributed by atoms with E-state index in [1.807, 2.05) is 0 Å². The van der Waals surface area contributed by atoms with Gasteiger partial charge < -0.3 is 38.3 Å². The first-order valence-corrected chi connectivity index (χ1v) is 16.1. The van der Waals surface area contributed by atoms with Gasteiger partial charge in [0.15, 0.2) is 30.0 Å². The van der Waals surface area contributed by atoms with Crippen molar-refractivity contribution in [2.45, 2.75) is 115 Å². The number of aliphatic hydroxyl groups is 1. The molecule has 2 aliphatic carbocycles. The van der Waals surface area contributed by atoms with Gasteiger partial charge in [-0.25, -0.2) is 0 Å². The fourth-order valence-corrected chi connectivity index (χ4v) is 7.84. The number of hydrogen-bond acceptors (Lipinski definition) is 14. The van der Waals surface area contributed by atoms with Gasteiger partial charge in [0.05, 0.1) is 23.3 Å². The van der Waals surface area contributed by atoms with E-state index in [9.17, 15) is 33.9 Å². The average molecular weight is 699 g/mol. The molecule has 2 saturated heterocycles. The van der Waals surface area contributed by atoms with Gasteiger partial charge in [-0.15, -0.1) is 11.6 Å². The lowest BCUT2D eigenvalue weighted by atomic mass is 9.51. The fourth-order valence-electron chi connectivity index (χ4n) is 7.51. The average Bonchev–Trinajstić information content (AvgIpc) is 3.71. The van der Waals surface area contributed by atoms with E-state index in [2.05, 4.69) is 6.58 Å². The number of carbonyl (C=O) groups is 6. The topological polar surface area (TPSA) is 191 Å². The Morgan fingerprint density at radius 3 is 1.98 bits per heavy atom. The molecule has 2 heterocycles. The van der Waals surface area contributed by atoms with Crippen LogP contribution in [0.4, 0.5) is 0 Å². The summed E-state index contributed by atoms with van der Waals surface area (Å²) < 4.78 is 41.3. The van der Waals surface area contributed by atoms with Crippen molar-refractivity contribution in [2.75, 3.05) is 6.61 Å². The number of ether oxygens (including phenoxy) is 7. The fraction of sp³-hybridized carbons (Fsp3) is 0.697. The molecule has 0 bridgehead atoms. The van der Waals surface area contributed by atoms with Crippen LogP contribution in [0.25, 0.3) is 0 Å². The molecule has 3 fully saturated rings. The highest BCUT2D eigenvalue weighted by Gasteiger charge is 2.81. The Morgan fingerprint density at radius 2 is 1.48 bits per heavy atom. The van der Waals surface area contributed by atoms with Gasteiger partial charge in [-0.1, -0.05) is 33.4 Å². The third-order valence-electron chi connectivity index (χ3n) is 9.60. The molecule has 1 N–H and O–H groups in total. The maximum atomic E-state index is 13.3. The van der Waals surface area contributed by atoms with Crippen molar-refractivity contribution in [3.63, 3.8) is 0 Å². The van der Waals surface area contributed by atoms with Crippen LogP contribution in [-0.2, 0) is 61.9 Å². The second-order valence-electron chi connectivity index (χ2n) is 13.6. The van der Waals surface area contributed by atoms with Gasteiger partial charge in [-0.3, -0.25) is 28.8 Å². The molecule has 0 unspecified atom stereocenters. The SMILES string of the molecule is C=C1/C=C/[C@H](OC(C)=O)[C@@]2(C)[C@@H](OC(C)=O)[C@@H](OC(=O)CC(C)C)[C@@H](OC(C)=O)[C@]3(CO3)[C@@H]2[C@H](OC(C)=O)[C@]2(O)[C@@H](C)C(=O)O[C@H]2[C@H]1Cl. The number of esters is 6. The maximum Gasteiger partial charge on any atom is 0.312 e. The number of fused-ring (bicyclic) bond motifs is 3. The molecule has 1 spiro atoms. The van der Waals surface area contributed by atoms with Crippen LogP contribution in [0, 0.1) is 23.2 Å². The molecule has 0 amide bonds. The quantitative estimate of drug-likeness (QED) is 0.176. The first kappa shape index (κ1) is 37.3. The summed E-state index contributed by atoms with van der Waals surface area (Å²) in [7, 11) is 0. The molecule has 48 heavy (non-hydrogen) atoms. The Morgan fingerprint density at radius 1 is 0.958 bits per heavy atom. The van der Waals surface area contributed by atoms with E-state index in [4.69, 9.17) is 44.8 Å². The van der Waals surface area contributed by atoms with Crippen LogP contribution in [0.3, 0.4) is 0 Å². The number of alkyl halides is 1. The minimum Gasteiger partial charge on any atom is -0.459 e. The van der Waals surface area contributed by atoms with E-state index in [0.29, 0.717) is 0 Å². The van der Waals surface area contributed by atoms with Gasteiger partial charge in [0.25, 0.3) is 0 Å². The molecule has 14 nitrogen and oxygen atoms in total. The van der Waals surface area contributed by atoms with Crippen LogP contribution in [0.5, 0.6) is 0 Å². The number of hydrogen-bond donors (Lipinski definition) is 1. The Balaban J connectivity index is 2.15. The Labute approximate surface area is 283 Å². The summed E-state index contributed by atoms with van der Waals surface area (Å²) in [6.07, 6.45) is -6.71. The van der Waals surface area contributed by atoms with E-state index < -0.39 is 106 Å². The summed E-state index contributed by atoms with van der Waals surface area (Å²) >= 11 is 6.80. The van der Waals surface area contributed by atoms with E-state index in [1.165, 1.54) is 26.0 Å². The summed E-state index contributed by atoms with van der Waals surface area (Å²) in [6, 6.07) is 0. The maximum absolute atomic E-state index is 13.3. The van der Waals surface area contributed by atoms with Crippen molar-refractivity contribution in [2.24, 2.45) is 23.2 Å². The van der Waals surface area contributed by atoms with Gasteiger partial charge in [0.1, 0.15) is 17.8 Å². The number of halogens is 1. The molecule has 0 aromatic heterocycles. The Hall–Kier alpha value is -3.49. The Kier molecular flexibility index (Phi) is 10.4. The highest BCUT2D eigenvalue weighted by atomic mass is 35.5. The Bertz CT molecular complexity index is 1400. The molecule has 15 heteroatoms. The number of epoxide rings is 1. The zero-order chi connectivity index (χ0) is 36.1. The van der Waals surface area contributed by atoms with Crippen molar-refractivity contribution < 1.29 is 67.0 Å². The highest BCUT2D eigenvalue weighted by molar-refractivity contribution is 6.23. The standard InChI is InChI=1S/C33H43ClO14/c1-14(2)12-22(39)47-24-27(44-18(6)36)31(9)21(43-17(5)35)11-10-15(3)23(34)26-33(41,16(4)30(40)48-26)29(46-20(8)38)25(31)32(13-42-32)28(24)45-19(7)37/h10-11,14,16,21,23-29,41H,3,12-13H2,1-2,4-9H3/b11-10+/t16-,21-,23-,24+,25+,26-,27-,28+,29-,31+,32-,33-/m0/s1. The number of allylic oxidation sites excluding steroid dienone is 1. The first-order chi connectivity index (χ1) is 22.2. The van der Waals surface area contributed by atoms with Gasteiger partial charge in [0, 0.05) is 40.0 Å². The van der Waals surface area contributed by atoms with Gasteiger partial charge in [-0.05, 0) is 24.5 Å². The van der Waals surface area contributed by atoms with E-state index >= 15 is 0 Å². The minimum absolute atomic E-state index is 0.0667. The van der Waals surface area contributed by atoms with E-state index in [0.717, 1.165) is 27.7 Å². The molecule has 4 rings (SSSR count). The molecular weight excluding hydrogens is 656 g/mol. The number of carbonyl (C=O) groups excluding carboxylic acids is 6. The second kappa shape index (κ2) is 13.4. The molecule has 0 aromatic rings. The van der Waals surface area contributed by atoms with Gasteiger partial charge in [-0.2, -0.15) is 0 Å². The lowest BCUT2D eigenvalue weighted by Crippen LogP contribution is -2.76. The lowest BCUT2D eigenvalue weighted by Gasteiger charge is -2.59. The second-order valence-corrected chi connectivity index (χ2v) is 14.0. The van der Waals surface area contributed by atoms with Gasteiger partial charge >= 0.3 is 35.8 Å². The third kappa shape index (κ3) is 6.46. The van der Waals surface area contributed by atoms with Crippen LogP contribution in [0.15, 0.2) is 24.3 Å². The molecule has 2 aliphatic heterocycles. The molecule has 4 aliphatic rings. The predicted molar refractivity (Wildman–Crippen MR) is 164 cm³/mol. The van der Waals surface area contributed by atoms with Crippen molar-refractivity contribution in [1.82, 2.24) is 0 Å². The van der Waals surface area contributed by atoms with Crippen LogP contribution >= 0.6 is 11.6 Å². The third-order valence-corrected chi connectivity index (χ3v) is 10.1. The van der Waals surface area contributed by atoms with E-state index in [1.54, 1.807) is 13.8 Å². The molecular formula is C33H43ClO14. The summed E-state index contributed by atoms with van der Waals surface area (Å²) in [4.78, 5) is 77.7. The van der Waals surface area contributed by atoms with E-state index in [-0.39, 0.29) is 24.5 Å². The molecule has 1 saturated carbocycles. The molecule has 12 atom stereocenters. The smallest absolute Gasteiger partial charge is 0.312 e. The molecule has 0 aromatic carbocycles. The molecule has 266 valence electrons. The number of rotatable bonds is 7. The highest BCUT2D eigenvalue weighted by Crippen LogP contribution is 2.63. The summed E-state index contributed by atoms with van der Waals surface area (Å²) in [5.74, 6) is -7.94. The predicted octanol–water partition coefficient (Wildman–Crippen LogP) is 2.10. The summed E-state index contributed by atoms with van der Waals surface area (Å²) in [6.45, 7) is 14.6. The van der Waals surface area contributed by atoms with Crippen LogP contribution in [0.1, 0.15) is 61.8 Å².